The number of hydrogen-bond donors (Lipinski definition) is 1. The van der Waals surface area contributed by atoms with Gasteiger partial charge in [-0.3, -0.25) is 4.98 Å². The summed E-state index contributed by atoms with van der Waals surface area (Å²) in [5, 5.41) is 9.13. The molecule has 6 nitrogen and oxygen atoms in total. The molecule has 2 aliphatic rings. The minimum Gasteiger partial charge on any atom is -0.473 e. The quantitative estimate of drug-likeness (QED) is 0.877. The molecule has 0 radical (unpaired) electrons. The Hall–Kier alpha value is -1.85. The number of fused-ring (bicyclic) bond motifs is 2. The van der Waals surface area contributed by atoms with Gasteiger partial charge in [0.05, 0.1) is 6.20 Å². The van der Waals surface area contributed by atoms with Crippen LogP contribution in [-0.4, -0.2) is 45.3 Å². The van der Waals surface area contributed by atoms with Crippen LogP contribution in [0.15, 0.2) is 18.6 Å². The van der Waals surface area contributed by atoms with Crippen LogP contribution in [0.25, 0.3) is 0 Å². The molecule has 1 N–H and O–H groups in total. The molecule has 3 atom stereocenters. The summed E-state index contributed by atoms with van der Waals surface area (Å²) < 4.78 is 5.96. The first-order valence-corrected chi connectivity index (χ1v) is 6.64. The van der Waals surface area contributed by atoms with Gasteiger partial charge >= 0.3 is 6.09 Å². The molecule has 1 aliphatic carbocycles. The lowest BCUT2D eigenvalue weighted by atomic mass is 9.75. The van der Waals surface area contributed by atoms with E-state index in [4.69, 9.17) is 9.84 Å². The molecular formula is C13H17N3O3. The number of likely N-dealkylation sites (tertiary alicyclic amines) is 1. The lowest BCUT2D eigenvalue weighted by molar-refractivity contribution is -0.0296. The molecular weight excluding hydrogens is 246 g/mol. The Labute approximate surface area is 111 Å². The molecule has 1 saturated heterocycles. The molecule has 3 rings (SSSR count). The van der Waals surface area contributed by atoms with Gasteiger partial charge in [0.15, 0.2) is 0 Å². The van der Waals surface area contributed by atoms with Gasteiger partial charge in [-0.05, 0) is 12.8 Å². The minimum absolute atomic E-state index is 0.0704. The second kappa shape index (κ2) is 5.03. The van der Waals surface area contributed by atoms with Gasteiger partial charge in [0.1, 0.15) is 6.10 Å². The monoisotopic (exact) mass is 263 g/mol. The third-order valence-corrected chi connectivity index (χ3v) is 4.06. The topological polar surface area (TPSA) is 75.5 Å². The Morgan fingerprint density at radius 1 is 1.32 bits per heavy atom. The fourth-order valence-corrected chi connectivity index (χ4v) is 3.22. The van der Waals surface area contributed by atoms with Crippen LogP contribution in [0.3, 0.4) is 0 Å². The molecule has 1 aromatic heterocycles. The normalized spacial score (nSPS) is 29.9. The Morgan fingerprint density at radius 3 is 2.63 bits per heavy atom. The fourth-order valence-electron chi connectivity index (χ4n) is 3.22. The van der Waals surface area contributed by atoms with Crippen molar-refractivity contribution >= 4 is 6.09 Å². The van der Waals surface area contributed by atoms with Crippen LogP contribution in [0, 0.1) is 11.8 Å². The molecule has 0 aromatic carbocycles. The van der Waals surface area contributed by atoms with Crippen molar-refractivity contribution in [2.24, 2.45) is 11.8 Å². The maximum absolute atomic E-state index is 11.1. The minimum atomic E-state index is -0.824. The number of hydrogen-bond acceptors (Lipinski definition) is 4. The van der Waals surface area contributed by atoms with E-state index in [9.17, 15) is 4.79 Å². The first kappa shape index (κ1) is 12.2. The van der Waals surface area contributed by atoms with E-state index in [1.807, 2.05) is 0 Å². The van der Waals surface area contributed by atoms with Gasteiger partial charge in [-0.15, -0.1) is 0 Å². The molecule has 6 heteroatoms. The van der Waals surface area contributed by atoms with Gasteiger partial charge in [-0.1, -0.05) is 6.42 Å². The lowest BCUT2D eigenvalue weighted by Crippen LogP contribution is -2.55. The molecule has 19 heavy (non-hydrogen) atoms. The highest BCUT2D eigenvalue weighted by atomic mass is 16.5. The van der Waals surface area contributed by atoms with E-state index >= 15 is 0 Å². The zero-order valence-corrected chi connectivity index (χ0v) is 10.6. The largest absolute Gasteiger partial charge is 0.473 e. The zero-order valence-electron chi connectivity index (χ0n) is 10.6. The highest BCUT2D eigenvalue weighted by Gasteiger charge is 2.42. The standard InChI is InChI=1S/C13H17N3O3/c17-13(18)16-7-9-2-1-3-10(8-16)12(9)19-11-6-14-4-5-15-11/h4-6,9-10,12H,1-3,7-8H2,(H,17,18)/t9-,10+,12?. The summed E-state index contributed by atoms with van der Waals surface area (Å²) in [7, 11) is 0. The second-order valence-electron chi connectivity index (χ2n) is 5.26. The maximum Gasteiger partial charge on any atom is 0.407 e. The highest BCUT2D eigenvalue weighted by molar-refractivity contribution is 5.65. The first-order chi connectivity index (χ1) is 9.24. The van der Waals surface area contributed by atoms with Crippen LogP contribution < -0.4 is 4.74 Å². The van der Waals surface area contributed by atoms with E-state index < -0.39 is 6.09 Å². The van der Waals surface area contributed by atoms with E-state index in [0.29, 0.717) is 19.0 Å². The van der Waals surface area contributed by atoms with Crippen molar-refractivity contribution in [3.05, 3.63) is 18.6 Å². The molecule has 2 fully saturated rings. The number of piperidine rings is 1. The Bertz CT molecular complexity index is 440. The summed E-state index contributed by atoms with van der Waals surface area (Å²) in [6, 6.07) is 0. The average molecular weight is 263 g/mol. The molecule has 102 valence electrons. The molecule has 1 amide bonds. The van der Waals surface area contributed by atoms with Crippen molar-refractivity contribution in [1.82, 2.24) is 14.9 Å². The van der Waals surface area contributed by atoms with Crippen LogP contribution in [-0.2, 0) is 0 Å². The van der Waals surface area contributed by atoms with Crippen molar-refractivity contribution in [3.8, 4) is 5.88 Å². The molecule has 1 aliphatic heterocycles. The van der Waals surface area contributed by atoms with Crippen LogP contribution in [0.1, 0.15) is 19.3 Å². The number of rotatable bonds is 2. The summed E-state index contributed by atoms with van der Waals surface area (Å²) >= 11 is 0. The molecule has 2 bridgehead atoms. The maximum atomic E-state index is 11.1. The first-order valence-electron chi connectivity index (χ1n) is 6.64. The third-order valence-electron chi connectivity index (χ3n) is 4.06. The lowest BCUT2D eigenvalue weighted by Gasteiger charge is -2.45. The van der Waals surface area contributed by atoms with Crippen molar-refractivity contribution in [1.29, 1.82) is 0 Å². The van der Waals surface area contributed by atoms with Crippen LogP contribution in [0.5, 0.6) is 5.88 Å². The predicted octanol–water partition coefficient (Wildman–Crippen LogP) is 1.63. The number of nitrogens with zero attached hydrogens (tertiary/aromatic N) is 3. The van der Waals surface area contributed by atoms with Crippen molar-refractivity contribution in [2.75, 3.05) is 13.1 Å². The number of ether oxygens (including phenoxy) is 1. The SMILES string of the molecule is O=C(O)N1C[C@H]2CCC[C@@H](C1)C2Oc1cnccn1. The van der Waals surface area contributed by atoms with E-state index in [0.717, 1.165) is 19.3 Å². The molecule has 1 unspecified atom stereocenters. The van der Waals surface area contributed by atoms with Gasteiger partial charge in [-0.2, -0.15) is 0 Å². The van der Waals surface area contributed by atoms with Gasteiger partial charge in [0, 0.05) is 37.3 Å². The molecule has 2 heterocycles. The third kappa shape index (κ3) is 2.47. The summed E-state index contributed by atoms with van der Waals surface area (Å²) in [6.07, 6.45) is 7.27. The van der Waals surface area contributed by atoms with E-state index in [1.54, 1.807) is 18.6 Å². The van der Waals surface area contributed by atoms with E-state index in [2.05, 4.69) is 9.97 Å². The number of aromatic nitrogens is 2. The Kier molecular flexibility index (Phi) is 3.23. The number of amides is 1. The Balaban J connectivity index is 1.74. The molecule has 1 saturated carbocycles. The van der Waals surface area contributed by atoms with Crippen molar-refractivity contribution in [3.63, 3.8) is 0 Å². The van der Waals surface area contributed by atoms with Crippen LogP contribution in [0.4, 0.5) is 4.79 Å². The smallest absolute Gasteiger partial charge is 0.407 e. The Morgan fingerprint density at radius 2 is 2.05 bits per heavy atom. The zero-order chi connectivity index (χ0) is 13.2. The van der Waals surface area contributed by atoms with Gasteiger partial charge in [0.25, 0.3) is 0 Å². The number of carbonyl (C=O) groups is 1. The number of carboxylic acid groups (broad SMARTS) is 1. The van der Waals surface area contributed by atoms with E-state index in [-0.39, 0.29) is 17.9 Å². The summed E-state index contributed by atoms with van der Waals surface area (Å²) in [5.41, 5.74) is 0. The summed E-state index contributed by atoms with van der Waals surface area (Å²) in [5.74, 6) is 1.07. The van der Waals surface area contributed by atoms with E-state index in [1.165, 1.54) is 4.90 Å². The van der Waals surface area contributed by atoms with Crippen LogP contribution in [0.2, 0.25) is 0 Å². The summed E-state index contributed by atoms with van der Waals surface area (Å²) in [6.45, 7) is 1.13. The van der Waals surface area contributed by atoms with Gasteiger partial charge in [-0.25, -0.2) is 9.78 Å². The summed E-state index contributed by atoms with van der Waals surface area (Å²) in [4.78, 5) is 20.8. The van der Waals surface area contributed by atoms with Crippen molar-refractivity contribution in [2.45, 2.75) is 25.4 Å². The molecule has 1 aromatic rings. The highest BCUT2D eigenvalue weighted by Crippen LogP contribution is 2.37. The van der Waals surface area contributed by atoms with Crippen LogP contribution >= 0.6 is 0 Å². The van der Waals surface area contributed by atoms with Gasteiger partial charge in [0.2, 0.25) is 5.88 Å². The van der Waals surface area contributed by atoms with Gasteiger partial charge < -0.3 is 14.7 Å². The fraction of sp³-hybridized carbons (Fsp3) is 0.615. The molecule has 0 spiro atoms. The second-order valence-corrected chi connectivity index (χ2v) is 5.26. The van der Waals surface area contributed by atoms with Crippen molar-refractivity contribution < 1.29 is 14.6 Å². The average Bonchev–Trinajstić information content (AvgIpc) is 2.39. The predicted molar refractivity (Wildman–Crippen MR) is 66.9 cm³/mol.